The van der Waals surface area contributed by atoms with Crippen molar-refractivity contribution in [3.05, 3.63) is 155 Å². The summed E-state index contributed by atoms with van der Waals surface area (Å²) in [4.78, 5) is 29.0. The van der Waals surface area contributed by atoms with Gasteiger partial charge >= 0.3 is 0 Å². The Balaban J connectivity index is 1.24. The fourth-order valence-electron chi connectivity index (χ4n) is 6.48. The number of aliphatic hydroxyl groups excluding tert-OH is 1. The smallest absolute Gasteiger partial charge is 0.256 e. The summed E-state index contributed by atoms with van der Waals surface area (Å²) in [7, 11) is 3.21. The maximum atomic E-state index is 12.9. The maximum absolute atomic E-state index is 12.9. The van der Waals surface area contributed by atoms with Gasteiger partial charge in [-0.15, -0.1) is 0 Å². The Labute approximate surface area is 298 Å². The lowest BCUT2D eigenvalue weighted by atomic mass is 9.80. The van der Waals surface area contributed by atoms with Gasteiger partial charge in [-0.2, -0.15) is 0 Å². The highest BCUT2D eigenvalue weighted by molar-refractivity contribution is 6.06. The van der Waals surface area contributed by atoms with Gasteiger partial charge < -0.3 is 29.4 Å². The number of ether oxygens (including phenoxy) is 4. The fourth-order valence-corrected chi connectivity index (χ4v) is 6.48. The minimum atomic E-state index is -1.31. The molecule has 4 aromatic carbocycles. The molecule has 2 aromatic heterocycles. The first-order valence-electron chi connectivity index (χ1n) is 16.4. The van der Waals surface area contributed by atoms with E-state index in [-0.39, 0.29) is 23.8 Å². The molecule has 14 nitrogen and oxygen atoms in total. The van der Waals surface area contributed by atoms with E-state index in [2.05, 4.69) is 30.3 Å². The highest BCUT2D eigenvalue weighted by Crippen LogP contribution is 2.43. The number of fused-ring (bicyclic) bond motifs is 1. The number of nitrogens with one attached hydrogen (secondary N) is 1. The molecule has 1 aliphatic rings. The normalized spacial score (nSPS) is 18.4. The van der Waals surface area contributed by atoms with Gasteiger partial charge in [-0.3, -0.25) is 9.36 Å². The van der Waals surface area contributed by atoms with Crippen molar-refractivity contribution in [1.82, 2.24) is 19.5 Å². The fraction of sp³-hybridized carbons (Fsp3) is 0.211. The average Bonchev–Trinajstić information content (AvgIpc) is 3.77. The summed E-state index contributed by atoms with van der Waals surface area (Å²) in [5.74, 6) is 1.16. The SMILES string of the molecule is COc1ccc(C(OC[C@H]2OC(n3cnc4c(NC(=O)c5ccccc5)ncnc43)[C@H](O)[C@@H]2N=[N+]=[N-])(c2ccccc2)c2ccc(OC)cc2)cc1. The predicted molar refractivity (Wildman–Crippen MR) is 191 cm³/mol. The van der Waals surface area contributed by atoms with Crippen LogP contribution in [0.4, 0.5) is 5.82 Å². The molecule has 0 spiro atoms. The summed E-state index contributed by atoms with van der Waals surface area (Å²) in [5, 5.41) is 18.3. The number of imidazole rings is 1. The molecule has 1 saturated heterocycles. The molecular formula is C38H34N8O6. The van der Waals surface area contributed by atoms with E-state index in [1.807, 2.05) is 84.9 Å². The Morgan fingerprint density at radius 1 is 0.885 bits per heavy atom. The zero-order valence-electron chi connectivity index (χ0n) is 28.2. The number of aromatic nitrogens is 4. The van der Waals surface area contributed by atoms with Gasteiger partial charge in [0.1, 0.15) is 29.5 Å². The van der Waals surface area contributed by atoms with Gasteiger partial charge in [-0.05, 0) is 58.6 Å². The van der Waals surface area contributed by atoms with Gasteiger partial charge in [-0.1, -0.05) is 77.9 Å². The Bertz CT molecular complexity index is 2150. The van der Waals surface area contributed by atoms with E-state index < -0.39 is 30.1 Å². The van der Waals surface area contributed by atoms with Crippen molar-refractivity contribution in [1.29, 1.82) is 0 Å². The quantitative estimate of drug-likeness (QED) is 0.0667. The zero-order valence-corrected chi connectivity index (χ0v) is 28.2. The molecule has 0 bridgehead atoms. The predicted octanol–water partition coefficient (Wildman–Crippen LogP) is 6.04. The third kappa shape index (κ3) is 6.38. The van der Waals surface area contributed by atoms with E-state index >= 15 is 0 Å². The van der Waals surface area contributed by atoms with Crippen LogP contribution in [0.5, 0.6) is 11.5 Å². The number of azide groups is 1. The maximum Gasteiger partial charge on any atom is 0.256 e. The highest BCUT2D eigenvalue weighted by Gasteiger charge is 2.47. The Hall–Kier alpha value is -6.31. The summed E-state index contributed by atoms with van der Waals surface area (Å²) in [6.07, 6.45) is -0.578. The molecule has 14 heteroatoms. The van der Waals surface area contributed by atoms with Crippen LogP contribution in [0.1, 0.15) is 33.3 Å². The van der Waals surface area contributed by atoms with Crippen molar-refractivity contribution >= 4 is 22.9 Å². The van der Waals surface area contributed by atoms with Gasteiger partial charge in [0.25, 0.3) is 5.91 Å². The van der Waals surface area contributed by atoms with E-state index in [9.17, 15) is 15.4 Å². The van der Waals surface area contributed by atoms with Crippen LogP contribution in [0.3, 0.4) is 0 Å². The van der Waals surface area contributed by atoms with E-state index in [1.165, 1.54) is 17.2 Å². The number of carbonyl (C=O) groups is 1. The van der Waals surface area contributed by atoms with Gasteiger partial charge in [0.05, 0.1) is 39.3 Å². The molecule has 3 heterocycles. The first-order chi connectivity index (χ1) is 25.5. The molecule has 1 unspecified atom stereocenters. The molecule has 7 rings (SSSR count). The largest absolute Gasteiger partial charge is 0.497 e. The number of hydrogen-bond donors (Lipinski definition) is 2. The Morgan fingerprint density at radius 3 is 2.08 bits per heavy atom. The second-order valence-electron chi connectivity index (χ2n) is 11.9. The second-order valence-corrected chi connectivity index (χ2v) is 11.9. The van der Waals surface area contributed by atoms with Gasteiger partial charge in [0.15, 0.2) is 23.2 Å². The van der Waals surface area contributed by atoms with Crippen molar-refractivity contribution in [3.8, 4) is 11.5 Å². The van der Waals surface area contributed by atoms with E-state index in [1.54, 1.807) is 38.5 Å². The topological polar surface area (TPSA) is 179 Å². The second kappa shape index (κ2) is 14.9. The van der Waals surface area contributed by atoms with Gasteiger partial charge in [0.2, 0.25) is 0 Å². The zero-order chi connectivity index (χ0) is 36.1. The van der Waals surface area contributed by atoms with Crippen LogP contribution >= 0.6 is 0 Å². The number of methoxy groups -OCH3 is 2. The first-order valence-corrected chi connectivity index (χ1v) is 16.4. The van der Waals surface area contributed by atoms with Crippen molar-refractivity contribution in [2.75, 3.05) is 26.1 Å². The monoisotopic (exact) mass is 698 g/mol. The van der Waals surface area contributed by atoms with Crippen molar-refractivity contribution < 1.29 is 28.8 Å². The number of amides is 1. The molecule has 2 N–H and O–H groups in total. The summed E-state index contributed by atoms with van der Waals surface area (Å²) in [6.45, 7) is -0.107. The molecule has 52 heavy (non-hydrogen) atoms. The molecule has 6 aromatic rings. The summed E-state index contributed by atoms with van der Waals surface area (Å²) in [6, 6.07) is 32.5. The molecule has 4 atom stereocenters. The van der Waals surface area contributed by atoms with Crippen LogP contribution < -0.4 is 14.8 Å². The molecule has 0 radical (unpaired) electrons. The molecule has 1 amide bonds. The lowest BCUT2D eigenvalue weighted by molar-refractivity contribution is -0.0860. The molecule has 1 fully saturated rings. The van der Waals surface area contributed by atoms with Crippen molar-refractivity contribution in [3.63, 3.8) is 0 Å². The number of aliphatic hydroxyl groups is 1. The summed E-state index contributed by atoms with van der Waals surface area (Å²) >= 11 is 0. The molecular weight excluding hydrogens is 664 g/mol. The van der Waals surface area contributed by atoms with Crippen LogP contribution in [-0.2, 0) is 15.1 Å². The van der Waals surface area contributed by atoms with Crippen LogP contribution in [-0.4, -0.2) is 69.6 Å². The summed E-state index contributed by atoms with van der Waals surface area (Å²) < 4.78 is 25.9. The van der Waals surface area contributed by atoms with Crippen LogP contribution in [0, 0.1) is 0 Å². The molecule has 1 aliphatic heterocycles. The van der Waals surface area contributed by atoms with E-state index in [0.717, 1.165) is 16.7 Å². The van der Waals surface area contributed by atoms with Gasteiger partial charge in [-0.25, -0.2) is 15.0 Å². The van der Waals surface area contributed by atoms with E-state index in [4.69, 9.17) is 18.9 Å². The Kier molecular flexibility index (Phi) is 9.78. The number of benzene rings is 4. The number of rotatable bonds is 12. The van der Waals surface area contributed by atoms with Crippen LogP contribution in [0.2, 0.25) is 0 Å². The Morgan fingerprint density at radius 2 is 1.48 bits per heavy atom. The molecule has 0 aliphatic carbocycles. The number of carbonyl (C=O) groups excluding carboxylic acids is 1. The van der Waals surface area contributed by atoms with Crippen LogP contribution in [0.15, 0.2) is 127 Å². The van der Waals surface area contributed by atoms with Gasteiger partial charge in [0, 0.05) is 10.5 Å². The number of hydrogen-bond acceptors (Lipinski definition) is 10. The highest BCUT2D eigenvalue weighted by atomic mass is 16.6. The van der Waals surface area contributed by atoms with Crippen LogP contribution in [0.25, 0.3) is 21.6 Å². The first kappa shape index (κ1) is 34.2. The molecule has 0 saturated carbocycles. The number of nitrogens with zero attached hydrogens (tertiary/aromatic N) is 7. The molecule has 262 valence electrons. The lowest BCUT2D eigenvalue weighted by Gasteiger charge is -2.37. The lowest BCUT2D eigenvalue weighted by Crippen LogP contribution is -2.39. The third-order valence-electron chi connectivity index (χ3n) is 9.06. The van der Waals surface area contributed by atoms with E-state index in [0.29, 0.717) is 22.7 Å². The minimum absolute atomic E-state index is 0.107. The average molecular weight is 699 g/mol. The summed E-state index contributed by atoms with van der Waals surface area (Å²) in [5.41, 5.74) is 11.8. The van der Waals surface area contributed by atoms with Crippen molar-refractivity contribution in [2.45, 2.75) is 30.1 Å². The standard InChI is InChI=1S/C38H34N8O6/c1-49-28-17-13-26(14-18-28)38(25-11-7-4-8-12-25,27-15-19-29(50-2)20-16-27)51-21-30-31(44-45-39)33(47)37(52-30)46-23-42-32-34(40-22-41-35(32)46)43-36(48)24-9-5-3-6-10-24/h3-20,22-23,30-31,33,37,47H,21H2,1-2H3,(H,40,41,43,48)/t30-,31-,33-,37?/m1/s1. The van der Waals surface area contributed by atoms with Crippen molar-refractivity contribution in [2.24, 2.45) is 5.11 Å². The number of anilines is 1. The minimum Gasteiger partial charge on any atom is -0.497 e. The third-order valence-corrected chi connectivity index (χ3v) is 9.06.